The Hall–Kier alpha value is -2.17. The molecule has 0 radical (unpaired) electrons. The summed E-state index contributed by atoms with van der Waals surface area (Å²) >= 11 is 0. The topological polar surface area (TPSA) is 75.3 Å². The molecule has 1 heterocycles. The van der Waals surface area contributed by atoms with Gasteiger partial charge in [0.15, 0.2) is 0 Å². The van der Waals surface area contributed by atoms with E-state index in [1.165, 1.54) is 0 Å². The molecular formula is C15H18N2O3. The summed E-state index contributed by atoms with van der Waals surface area (Å²) in [6.07, 6.45) is 1.62. The first kappa shape index (κ1) is 14.2. The standard InChI is InChI=1S/C15H18N2O3/c1-10-3-2-4-11(9-10)5-7-13(18)16-12-6-8-14(19)17-15(12)20/h2-4,9,12H,5-8H2,1H3,(H,16,18)(H,17,19,20). The number of hydrogen-bond acceptors (Lipinski definition) is 3. The van der Waals surface area contributed by atoms with Crippen molar-refractivity contribution in [3.8, 4) is 0 Å². The van der Waals surface area contributed by atoms with Gasteiger partial charge in [0.25, 0.3) is 0 Å². The molecule has 0 aromatic heterocycles. The number of aryl methyl sites for hydroxylation is 2. The van der Waals surface area contributed by atoms with Crippen LogP contribution in [0.25, 0.3) is 0 Å². The lowest BCUT2D eigenvalue weighted by Crippen LogP contribution is -2.52. The third kappa shape index (κ3) is 3.91. The number of benzene rings is 1. The summed E-state index contributed by atoms with van der Waals surface area (Å²) in [5.41, 5.74) is 2.26. The molecule has 1 unspecified atom stereocenters. The number of rotatable bonds is 4. The van der Waals surface area contributed by atoms with Crippen molar-refractivity contribution >= 4 is 17.7 Å². The largest absolute Gasteiger partial charge is 0.344 e. The molecule has 0 aliphatic carbocycles. The lowest BCUT2D eigenvalue weighted by atomic mass is 10.0. The highest BCUT2D eigenvalue weighted by Crippen LogP contribution is 2.08. The summed E-state index contributed by atoms with van der Waals surface area (Å²) < 4.78 is 0. The maximum absolute atomic E-state index is 11.8. The Labute approximate surface area is 117 Å². The fourth-order valence-electron chi connectivity index (χ4n) is 2.22. The van der Waals surface area contributed by atoms with Gasteiger partial charge in [0.05, 0.1) is 0 Å². The van der Waals surface area contributed by atoms with E-state index < -0.39 is 11.9 Å². The second-order valence-corrected chi connectivity index (χ2v) is 5.06. The van der Waals surface area contributed by atoms with Gasteiger partial charge in [-0.15, -0.1) is 0 Å². The van der Waals surface area contributed by atoms with E-state index in [0.717, 1.165) is 11.1 Å². The minimum Gasteiger partial charge on any atom is -0.344 e. The van der Waals surface area contributed by atoms with Gasteiger partial charge < -0.3 is 5.32 Å². The maximum atomic E-state index is 11.8. The molecule has 1 aromatic rings. The zero-order valence-electron chi connectivity index (χ0n) is 11.4. The van der Waals surface area contributed by atoms with Crippen LogP contribution in [0.1, 0.15) is 30.4 Å². The van der Waals surface area contributed by atoms with Crippen molar-refractivity contribution in [2.24, 2.45) is 0 Å². The molecular weight excluding hydrogens is 256 g/mol. The second-order valence-electron chi connectivity index (χ2n) is 5.06. The molecule has 20 heavy (non-hydrogen) atoms. The van der Waals surface area contributed by atoms with Crippen molar-refractivity contribution in [1.29, 1.82) is 0 Å². The van der Waals surface area contributed by atoms with Crippen molar-refractivity contribution in [3.63, 3.8) is 0 Å². The van der Waals surface area contributed by atoms with Gasteiger partial charge in [0.1, 0.15) is 6.04 Å². The lowest BCUT2D eigenvalue weighted by molar-refractivity contribution is -0.137. The van der Waals surface area contributed by atoms with Gasteiger partial charge >= 0.3 is 0 Å². The highest BCUT2D eigenvalue weighted by Gasteiger charge is 2.27. The summed E-state index contributed by atoms with van der Waals surface area (Å²) in [6.45, 7) is 2.01. The molecule has 2 rings (SSSR count). The molecule has 1 aliphatic heterocycles. The van der Waals surface area contributed by atoms with Crippen molar-refractivity contribution in [1.82, 2.24) is 10.6 Å². The Bertz CT molecular complexity index is 540. The van der Waals surface area contributed by atoms with E-state index >= 15 is 0 Å². The zero-order chi connectivity index (χ0) is 14.5. The number of carbonyl (C=O) groups excluding carboxylic acids is 3. The van der Waals surface area contributed by atoms with E-state index in [4.69, 9.17) is 0 Å². The lowest BCUT2D eigenvalue weighted by Gasteiger charge is -2.21. The summed E-state index contributed by atoms with van der Waals surface area (Å²) in [5.74, 6) is -0.855. The molecule has 1 aromatic carbocycles. The van der Waals surface area contributed by atoms with Crippen LogP contribution >= 0.6 is 0 Å². The van der Waals surface area contributed by atoms with Crippen LogP contribution in [0.4, 0.5) is 0 Å². The minimum atomic E-state index is -0.585. The molecule has 5 nitrogen and oxygen atoms in total. The monoisotopic (exact) mass is 274 g/mol. The third-order valence-electron chi connectivity index (χ3n) is 3.30. The number of imide groups is 1. The van der Waals surface area contributed by atoms with Gasteiger partial charge in [-0.1, -0.05) is 29.8 Å². The molecule has 0 saturated carbocycles. The van der Waals surface area contributed by atoms with Crippen LogP contribution in [0.2, 0.25) is 0 Å². The van der Waals surface area contributed by atoms with Crippen LogP contribution in [0, 0.1) is 6.92 Å². The number of carbonyl (C=O) groups is 3. The van der Waals surface area contributed by atoms with Crippen LogP contribution in [-0.2, 0) is 20.8 Å². The average Bonchev–Trinajstić information content (AvgIpc) is 2.40. The molecule has 1 fully saturated rings. The minimum absolute atomic E-state index is 0.166. The van der Waals surface area contributed by atoms with Crippen LogP contribution in [0.5, 0.6) is 0 Å². The van der Waals surface area contributed by atoms with Gasteiger partial charge in [-0.2, -0.15) is 0 Å². The third-order valence-corrected chi connectivity index (χ3v) is 3.30. The Balaban J connectivity index is 1.81. The van der Waals surface area contributed by atoms with Crippen molar-refractivity contribution in [3.05, 3.63) is 35.4 Å². The van der Waals surface area contributed by atoms with Gasteiger partial charge in [-0.3, -0.25) is 19.7 Å². The molecule has 1 saturated heterocycles. The molecule has 0 bridgehead atoms. The zero-order valence-corrected chi connectivity index (χ0v) is 11.4. The van der Waals surface area contributed by atoms with E-state index in [9.17, 15) is 14.4 Å². The molecule has 3 amide bonds. The highest BCUT2D eigenvalue weighted by atomic mass is 16.2. The Morgan fingerprint density at radius 1 is 1.40 bits per heavy atom. The van der Waals surface area contributed by atoms with Crippen LogP contribution in [0.3, 0.4) is 0 Å². The normalized spacial score (nSPS) is 18.6. The number of piperidine rings is 1. The Morgan fingerprint density at radius 3 is 2.90 bits per heavy atom. The predicted molar refractivity (Wildman–Crippen MR) is 73.8 cm³/mol. The Kier molecular flexibility index (Phi) is 4.50. The molecule has 2 N–H and O–H groups in total. The summed E-state index contributed by atoms with van der Waals surface area (Å²) in [5, 5.41) is 4.89. The fraction of sp³-hybridized carbons (Fsp3) is 0.400. The number of nitrogens with one attached hydrogen (secondary N) is 2. The summed E-state index contributed by atoms with van der Waals surface area (Å²) in [7, 11) is 0. The van der Waals surface area contributed by atoms with Gasteiger partial charge in [-0.25, -0.2) is 0 Å². The van der Waals surface area contributed by atoms with Gasteiger partial charge in [0.2, 0.25) is 17.7 Å². The SMILES string of the molecule is Cc1cccc(CCC(=O)NC2CCC(=O)NC2=O)c1. The van der Waals surface area contributed by atoms with Crippen molar-refractivity contribution in [2.75, 3.05) is 0 Å². The maximum Gasteiger partial charge on any atom is 0.249 e. The van der Waals surface area contributed by atoms with Crippen molar-refractivity contribution < 1.29 is 14.4 Å². The smallest absolute Gasteiger partial charge is 0.249 e. The summed E-state index contributed by atoms with van der Waals surface area (Å²) in [6, 6.07) is 7.40. The first-order valence-corrected chi connectivity index (χ1v) is 6.73. The van der Waals surface area contributed by atoms with E-state index in [1.54, 1.807) is 0 Å². The van der Waals surface area contributed by atoms with E-state index in [1.807, 2.05) is 31.2 Å². The van der Waals surface area contributed by atoms with E-state index in [0.29, 0.717) is 19.3 Å². The summed E-state index contributed by atoms with van der Waals surface area (Å²) in [4.78, 5) is 34.3. The first-order chi connectivity index (χ1) is 9.54. The van der Waals surface area contributed by atoms with Gasteiger partial charge in [-0.05, 0) is 25.3 Å². The quantitative estimate of drug-likeness (QED) is 0.799. The molecule has 106 valence electrons. The van der Waals surface area contributed by atoms with Crippen LogP contribution < -0.4 is 10.6 Å². The predicted octanol–water partition coefficient (Wildman–Crippen LogP) is 0.849. The van der Waals surface area contributed by atoms with Crippen LogP contribution in [-0.4, -0.2) is 23.8 Å². The highest BCUT2D eigenvalue weighted by molar-refractivity contribution is 6.01. The molecule has 1 atom stereocenters. The fourth-order valence-corrected chi connectivity index (χ4v) is 2.22. The second kappa shape index (κ2) is 6.32. The van der Waals surface area contributed by atoms with Crippen LogP contribution in [0.15, 0.2) is 24.3 Å². The number of hydrogen-bond donors (Lipinski definition) is 2. The Morgan fingerprint density at radius 2 is 2.20 bits per heavy atom. The molecule has 1 aliphatic rings. The average molecular weight is 274 g/mol. The molecule has 5 heteroatoms. The first-order valence-electron chi connectivity index (χ1n) is 6.73. The molecule has 0 spiro atoms. The van der Waals surface area contributed by atoms with E-state index in [2.05, 4.69) is 10.6 Å². The van der Waals surface area contributed by atoms with Crippen molar-refractivity contribution in [2.45, 2.75) is 38.6 Å². The number of amides is 3. The van der Waals surface area contributed by atoms with E-state index in [-0.39, 0.29) is 18.2 Å². The van der Waals surface area contributed by atoms with Gasteiger partial charge in [0, 0.05) is 12.8 Å².